The molecule has 6 nitrogen and oxygen atoms in total. The van der Waals surface area contributed by atoms with Crippen molar-refractivity contribution in [2.24, 2.45) is 4.99 Å². The van der Waals surface area contributed by atoms with Gasteiger partial charge in [0.05, 0.1) is 16.7 Å². The Kier molecular flexibility index (Phi) is 7.10. The third kappa shape index (κ3) is 4.73. The molecule has 2 N–H and O–H groups in total. The molecule has 1 aromatic carbocycles. The molecule has 1 aliphatic rings. The summed E-state index contributed by atoms with van der Waals surface area (Å²) < 4.78 is 11.7. The number of benzene rings is 1. The SMILES string of the molecule is CN=C(NCc1cc(Br)c2c(c1)OCO2)NCc1ccccn1.I. The largest absolute Gasteiger partial charge is 0.454 e. The number of nitrogens with zero attached hydrogens (tertiary/aromatic N) is 2. The molecule has 0 fully saturated rings. The second-order valence-corrected chi connectivity index (χ2v) is 5.77. The second-order valence-electron chi connectivity index (χ2n) is 4.91. The van der Waals surface area contributed by atoms with Crippen LogP contribution >= 0.6 is 39.9 Å². The number of guanidine groups is 1. The van der Waals surface area contributed by atoms with Crippen LogP contribution in [0.4, 0.5) is 0 Å². The highest BCUT2D eigenvalue weighted by Crippen LogP contribution is 2.39. The number of halogens is 2. The van der Waals surface area contributed by atoms with E-state index >= 15 is 0 Å². The zero-order chi connectivity index (χ0) is 16.1. The highest BCUT2D eigenvalue weighted by Gasteiger charge is 2.17. The van der Waals surface area contributed by atoms with Crippen molar-refractivity contribution in [3.8, 4) is 11.5 Å². The molecule has 0 spiro atoms. The van der Waals surface area contributed by atoms with E-state index in [0.29, 0.717) is 19.0 Å². The number of aliphatic imine (C=N–C) groups is 1. The molecule has 3 rings (SSSR count). The molecule has 0 saturated heterocycles. The van der Waals surface area contributed by atoms with Crippen molar-refractivity contribution in [2.45, 2.75) is 13.1 Å². The van der Waals surface area contributed by atoms with E-state index in [1.807, 2.05) is 30.3 Å². The maximum Gasteiger partial charge on any atom is 0.231 e. The molecule has 0 radical (unpaired) electrons. The Hall–Kier alpha value is -1.55. The van der Waals surface area contributed by atoms with Crippen LogP contribution in [0.25, 0.3) is 0 Å². The lowest BCUT2D eigenvalue weighted by Crippen LogP contribution is -2.36. The first kappa shape index (κ1) is 18.8. The van der Waals surface area contributed by atoms with Crippen LogP contribution in [0.3, 0.4) is 0 Å². The van der Waals surface area contributed by atoms with E-state index in [4.69, 9.17) is 9.47 Å². The van der Waals surface area contributed by atoms with Gasteiger partial charge in [0, 0.05) is 19.8 Å². The summed E-state index contributed by atoms with van der Waals surface area (Å²) in [6.07, 6.45) is 1.78. The van der Waals surface area contributed by atoms with E-state index in [-0.39, 0.29) is 30.8 Å². The normalized spacial score (nSPS) is 12.5. The van der Waals surface area contributed by atoms with Crippen molar-refractivity contribution in [1.82, 2.24) is 15.6 Å². The van der Waals surface area contributed by atoms with Gasteiger partial charge in [-0.2, -0.15) is 0 Å². The molecule has 0 bridgehead atoms. The molecule has 2 heterocycles. The Morgan fingerprint density at radius 1 is 1.25 bits per heavy atom. The average Bonchev–Trinajstić information content (AvgIpc) is 3.05. The van der Waals surface area contributed by atoms with Crippen molar-refractivity contribution in [3.63, 3.8) is 0 Å². The number of fused-ring (bicyclic) bond motifs is 1. The zero-order valence-corrected chi connectivity index (χ0v) is 17.0. The lowest BCUT2D eigenvalue weighted by atomic mass is 10.2. The minimum Gasteiger partial charge on any atom is -0.454 e. The van der Waals surface area contributed by atoms with Crippen LogP contribution in [0.5, 0.6) is 11.5 Å². The van der Waals surface area contributed by atoms with Crippen molar-refractivity contribution < 1.29 is 9.47 Å². The van der Waals surface area contributed by atoms with Crippen LogP contribution in [-0.4, -0.2) is 24.8 Å². The van der Waals surface area contributed by atoms with E-state index in [0.717, 1.165) is 27.2 Å². The summed E-state index contributed by atoms with van der Waals surface area (Å²) in [5, 5.41) is 6.50. The summed E-state index contributed by atoms with van der Waals surface area (Å²) in [7, 11) is 1.74. The fourth-order valence-electron chi connectivity index (χ4n) is 2.21. The van der Waals surface area contributed by atoms with Gasteiger partial charge < -0.3 is 20.1 Å². The van der Waals surface area contributed by atoms with Gasteiger partial charge in [-0.1, -0.05) is 6.07 Å². The van der Waals surface area contributed by atoms with E-state index in [9.17, 15) is 0 Å². The molecule has 0 unspecified atom stereocenters. The Morgan fingerprint density at radius 3 is 2.83 bits per heavy atom. The maximum absolute atomic E-state index is 5.42. The first-order valence-electron chi connectivity index (χ1n) is 7.18. The number of nitrogens with one attached hydrogen (secondary N) is 2. The van der Waals surface area contributed by atoms with Gasteiger partial charge in [0.25, 0.3) is 0 Å². The lowest BCUT2D eigenvalue weighted by molar-refractivity contribution is 0.173. The van der Waals surface area contributed by atoms with Crippen LogP contribution in [0.1, 0.15) is 11.3 Å². The molecule has 0 aliphatic carbocycles. The molecule has 1 aromatic heterocycles. The van der Waals surface area contributed by atoms with Gasteiger partial charge in [-0.3, -0.25) is 9.98 Å². The first-order chi connectivity index (χ1) is 11.3. The van der Waals surface area contributed by atoms with E-state index < -0.39 is 0 Å². The lowest BCUT2D eigenvalue weighted by Gasteiger charge is -2.12. The highest BCUT2D eigenvalue weighted by atomic mass is 127. The van der Waals surface area contributed by atoms with Gasteiger partial charge in [-0.05, 0) is 45.8 Å². The van der Waals surface area contributed by atoms with E-state index in [2.05, 4.69) is 36.5 Å². The molecule has 0 saturated carbocycles. The van der Waals surface area contributed by atoms with Crippen LogP contribution in [0.2, 0.25) is 0 Å². The molecule has 8 heteroatoms. The van der Waals surface area contributed by atoms with Crippen LogP contribution < -0.4 is 20.1 Å². The Balaban J connectivity index is 0.00000208. The molecule has 1 aliphatic heterocycles. The van der Waals surface area contributed by atoms with Gasteiger partial charge in [0.1, 0.15) is 0 Å². The number of aromatic nitrogens is 1. The molecule has 24 heavy (non-hydrogen) atoms. The average molecular weight is 505 g/mol. The number of ether oxygens (including phenoxy) is 2. The Morgan fingerprint density at radius 2 is 2.08 bits per heavy atom. The van der Waals surface area contributed by atoms with E-state index in [1.54, 1.807) is 13.2 Å². The minimum atomic E-state index is 0. The molecule has 0 atom stereocenters. The highest BCUT2D eigenvalue weighted by molar-refractivity contribution is 14.0. The molecule has 2 aromatic rings. The number of hydrogen-bond donors (Lipinski definition) is 2. The summed E-state index contributed by atoms with van der Waals surface area (Å²) in [4.78, 5) is 8.48. The minimum absolute atomic E-state index is 0. The third-order valence-electron chi connectivity index (χ3n) is 3.33. The smallest absolute Gasteiger partial charge is 0.231 e. The fourth-order valence-corrected chi connectivity index (χ4v) is 2.81. The fraction of sp³-hybridized carbons (Fsp3) is 0.250. The zero-order valence-electron chi connectivity index (χ0n) is 13.1. The monoisotopic (exact) mass is 504 g/mol. The Labute approximate surface area is 166 Å². The van der Waals surface area contributed by atoms with Gasteiger partial charge in [-0.15, -0.1) is 24.0 Å². The summed E-state index contributed by atoms with van der Waals surface area (Å²) in [5.74, 6) is 2.23. The van der Waals surface area contributed by atoms with Crippen LogP contribution in [-0.2, 0) is 13.1 Å². The topological polar surface area (TPSA) is 67.8 Å². The van der Waals surface area contributed by atoms with Crippen molar-refractivity contribution in [2.75, 3.05) is 13.8 Å². The Bertz CT molecular complexity index is 713. The third-order valence-corrected chi connectivity index (χ3v) is 3.92. The summed E-state index contributed by atoms with van der Waals surface area (Å²) in [5.41, 5.74) is 2.03. The number of hydrogen-bond acceptors (Lipinski definition) is 4. The van der Waals surface area contributed by atoms with Gasteiger partial charge in [0.15, 0.2) is 17.5 Å². The molecular weight excluding hydrogens is 487 g/mol. The van der Waals surface area contributed by atoms with Gasteiger partial charge in [-0.25, -0.2) is 0 Å². The quantitative estimate of drug-likeness (QED) is 0.380. The summed E-state index contributed by atoms with van der Waals surface area (Å²) in [6.45, 7) is 1.50. The predicted molar refractivity (Wildman–Crippen MR) is 107 cm³/mol. The van der Waals surface area contributed by atoms with Gasteiger partial charge >= 0.3 is 0 Å². The maximum atomic E-state index is 5.42. The number of pyridine rings is 1. The molecule has 128 valence electrons. The molecule has 0 amide bonds. The van der Waals surface area contributed by atoms with E-state index in [1.165, 1.54) is 0 Å². The molecular formula is C16H18BrIN4O2. The van der Waals surface area contributed by atoms with Crippen molar-refractivity contribution >= 4 is 45.9 Å². The summed E-state index contributed by atoms with van der Waals surface area (Å²) in [6, 6.07) is 9.80. The standard InChI is InChI=1S/C16H17BrN4O2.HI/c1-18-16(21-9-12-4-2-3-5-19-12)20-8-11-6-13(17)15-14(7-11)22-10-23-15;/h2-7H,8-10H2,1H3,(H2,18,20,21);1H. The van der Waals surface area contributed by atoms with Crippen LogP contribution in [0.15, 0.2) is 46.0 Å². The number of rotatable bonds is 4. The van der Waals surface area contributed by atoms with Gasteiger partial charge in [0.2, 0.25) is 6.79 Å². The first-order valence-corrected chi connectivity index (χ1v) is 7.98. The van der Waals surface area contributed by atoms with Crippen molar-refractivity contribution in [3.05, 3.63) is 52.3 Å². The predicted octanol–water partition coefficient (Wildman–Crippen LogP) is 3.06. The summed E-state index contributed by atoms with van der Waals surface area (Å²) >= 11 is 3.50. The van der Waals surface area contributed by atoms with Crippen molar-refractivity contribution in [1.29, 1.82) is 0 Å². The van der Waals surface area contributed by atoms with Crippen LogP contribution in [0, 0.1) is 0 Å². The second kappa shape index (κ2) is 9.07.